The summed E-state index contributed by atoms with van der Waals surface area (Å²) in [7, 11) is 3.69. The van der Waals surface area contributed by atoms with Crippen molar-refractivity contribution in [3.05, 3.63) is 23.7 Å². The van der Waals surface area contributed by atoms with E-state index in [0.29, 0.717) is 31.1 Å². The summed E-state index contributed by atoms with van der Waals surface area (Å²) in [5.74, 6) is 1.94. The molecule has 0 saturated carbocycles. The minimum Gasteiger partial charge on any atom is -0.469 e. The number of aryl methyl sites for hydroxylation is 1. The van der Waals surface area contributed by atoms with Gasteiger partial charge in [-0.15, -0.1) is 0 Å². The van der Waals surface area contributed by atoms with Crippen LogP contribution in [-0.4, -0.2) is 35.7 Å². The van der Waals surface area contributed by atoms with E-state index < -0.39 is 0 Å². The number of nitrogens with one attached hydrogen (secondary N) is 1. The Bertz CT molecular complexity index is 584. The highest BCUT2D eigenvalue weighted by Gasteiger charge is 2.13. The van der Waals surface area contributed by atoms with Crippen LogP contribution in [0.1, 0.15) is 24.7 Å². The molecule has 0 radical (unpaired) electrons. The number of furan rings is 1. The van der Waals surface area contributed by atoms with Crippen molar-refractivity contribution in [2.24, 2.45) is 0 Å². The van der Waals surface area contributed by atoms with Crippen LogP contribution in [0.2, 0.25) is 0 Å². The lowest BCUT2D eigenvalue weighted by molar-refractivity contribution is 0.292. The van der Waals surface area contributed by atoms with Gasteiger partial charge in [0.15, 0.2) is 0 Å². The molecule has 7 nitrogen and oxygen atoms in total. The number of hydrogen-bond donors (Lipinski definition) is 1. The van der Waals surface area contributed by atoms with Gasteiger partial charge in [-0.05, 0) is 19.4 Å². The minimum absolute atomic E-state index is 0.335. The SMILES string of the molecule is CCCOc1nc(NC)nc(N(C)Cc2ccoc2C)n1. The summed E-state index contributed by atoms with van der Waals surface area (Å²) in [6.07, 6.45) is 2.58. The predicted molar refractivity (Wildman–Crippen MR) is 80.7 cm³/mol. The van der Waals surface area contributed by atoms with E-state index in [9.17, 15) is 0 Å². The number of anilines is 2. The van der Waals surface area contributed by atoms with Gasteiger partial charge in [-0.2, -0.15) is 15.0 Å². The predicted octanol–water partition coefficient (Wildman–Crippen LogP) is 2.24. The summed E-state index contributed by atoms with van der Waals surface area (Å²) in [6, 6.07) is 2.28. The summed E-state index contributed by atoms with van der Waals surface area (Å²) < 4.78 is 10.8. The molecule has 0 unspecified atom stereocenters. The van der Waals surface area contributed by atoms with E-state index in [4.69, 9.17) is 9.15 Å². The molecule has 0 saturated heterocycles. The molecule has 0 aliphatic rings. The van der Waals surface area contributed by atoms with Crippen LogP contribution in [0.5, 0.6) is 6.01 Å². The molecule has 0 spiro atoms. The maximum absolute atomic E-state index is 5.50. The van der Waals surface area contributed by atoms with Gasteiger partial charge >= 0.3 is 6.01 Å². The van der Waals surface area contributed by atoms with Crippen molar-refractivity contribution in [3.8, 4) is 6.01 Å². The lowest BCUT2D eigenvalue weighted by atomic mass is 10.2. The summed E-state index contributed by atoms with van der Waals surface area (Å²) in [4.78, 5) is 14.8. The highest BCUT2D eigenvalue weighted by Crippen LogP contribution is 2.18. The van der Waals surface area contributed by atoms with Gasteiger partial charge in [-0.3, -0.25) is 0 Å². The lowest BCUT2D eigenvalue weighted by Crippen LogP contribution is -2.20. The number of nitrogens with zero attached hydrogens (tertiary/aromatic N) is 4. The van der Waals surface area contributed by atoms with E-state index in [1.807, 2.05) is 31.9 Å². The first kappa shape index (κ1) is 15.1. The Kier molecular flexibility index (Phi) is 4.97. The summed E-state index contributed by atoms with van der Waals surface area (Å²) in [5.41, 5.74) is 1.10. The smallest absolute Gasteiger partial charge is 0.323 e. The molecule has 0 amide bonds. The first-order valence-electron chi connectivity index (χ1n) is 6.94. The maximum atomic E-state index is 5.50. The van der Waals surface area contributed by atoms with Crippen LogP contribution >= 0.6 is 0 Å². The van der Waals surface area contributed by atoms with Crippen molar-refractivity contribution in [2.75, 3.05) is 30.9 Å². The monoisotopic (exact) mass is 291 g/mol. The number of ether oxygens (including phenoxy) is 1. The fourth-order valence-electron chi connectivity index (χ4n) is 1.79. The second kappa shape index (κ2) is 6.92. The fourth-order valence-corrected chi connectivity index (χ4v) is 1.79. The molecule has 2 rings (SSSR count). The molecular formula is C14H21N5O2. The molecule has 21 heavy (non-hydrogen) atoms. The third-order valence-electron chi connectivity index (χ3n) is 2.98. The van der Waals surface area contributed by atoms with Crippen LogP contribution in [0.25, 0.3) is 0 Å². The van der Waals surface area contributed by atoms with Gasteiger partial charge in [0.1, 0.15) is 5.76 Å². The number of rotatable bonds is 7. The Morgan fingerprint density at radius 2 is 2.14 bits per heavy atom. The second-order valence-corrected chi connectivity index (χ2v) is 4.70. The van der Waals surface area contributed by atoms with Gasteiger partial charge in [0, 0.05) is 26.2 Å². The molecule has 2 aromatic rings. The summed E-state index contributed by atoms with van der Waals surface area (Å²) >= 11 is 0. The molecule has 7 heteroatoms. The normalized spacial score (nSPS) is 10.5. The topological polar surface area (TPSA) is 76.3 Å². The van der Waals surface area contributed by atoms with Crippen LogP contribution in [0.4, 0.5) is 11.9 Å². The summed E-state index contributed by atoms with van der Waals surface area (Å²) in [5, 5.41) is 2.92. The van der Waals surface area contributed by atoms with Crippen LogP contribution in [0.15, 0.2) is 16.7 Å². The van der Waals surface area contributed by atoms with Gasteiger partial charge in [0.05, 0.1) is 12.9 Å². The first-order chi connectivity index (χ1) is 10.1. The van der Waals surface area contributed by atoms with Crippen molar-refractivity contribution in [3.63, 3.8) is 0 Å². The first-order valence-corrected chi connectivity index (χ1v) is 6.94. The van der Waals surface area contributed by atoms with Crippen LogP contribution in [-0.2, 0) is 6.54 Å². The lowest BCUT2D eigenvalue weighted by Gasteiger charge is -2.17. The standard InChI is InChI=1S/C14H21N5O2/c1-5-7-21-14-17-12(15-3)16-13(18-14)19(4)9-11-6-8-20-10(11)2/h6,8H,5,7,9H2,1-4H3,(H,15,16,17,18). The molecule has 0 fully saturated rings. The minimum atomic E-state index is 0.335. The third-order valence-corrected chi connectivity index (χ3v) is 2.98. The molecule has 114 valence electrons. The Labute approximate surface area is 124 Å². The molecule has 0 atom stereocenters. The number of aromatic nitrogens is 3. The zero-order valence-electron chi connectivity index (χ0n) is 12.9. The van der Waals surface area contributed by atoms with Crippen molar-refractivity contribution < 1.29 is 9.15 Å². The van der Waals surface area contributed by atoms with E-state index in [1.165, 1.54) is 0 Å². The van der Waals surface area contributed by atoms with Crippen molar-refractivity contribution >= 4 is 11.9 Å². The van der Waals surface area contributed by atoms with E-state index in [1.54, 1.807) is 13.3 Å². The molecule has 1 N–H and O–H groups in total. The van der Waals surface area contributed by atoms with Crippen molar-refractivity contribution in [2.45, 2.75) is 26.8 Å². The molecule has 0 aromatic carbocycles. The highest BCUT2D eigenvalue weighted by atomic mass is 16.5. The average molecular weight is 291 g/mol. The van der Waals surface area contributed by atoms with Crippen molar-refractivity contribution in [1.82, 2.24) is 15.0 Å². The van der Waals surface area contributed by atoms with Gasteiger partial charge < -0.3 is 19.4 Å². The molecule has 0 aliphatic carbocycles. The summed E-state index contributed by atoms with van der Waals surface area (Å²) in [6.45, 7) is 5.21. The molecule has 2 heterocycles. The van der Waals surface area contributed by atoms with Gasteiger partial charge in [-0.1, -0.05) is 6.92 Å². The Hall–Kier alpha value is -2.31. The largest absolute Gasteiger partial charge is 0.469 e. The van der Waals surface area contributed by atoms with Crippen LogP contribution in [0.3, 0.4) is 0 Å². The Balaban J connectivity index is 2.18. The molecular weight excluding hydrogens is 270 g/mol. The molecule has 2 aromatic heterocycles. The van der Waals surface area contributed by atoms with E-state index in [-0.39, 0.29) is 0 Å². The van der Waals surface area contributed by atoms with Crippen molar-refractivity contribution in [1.29, 1.82) is 0 Å². The number of hydrogen-bond acceptors (Lipinski definition) is 7. The zero-order valence-corrected chi connectivity index (χ0v) is 12.9. The quantitative estimate of drug-likeness (QED) is 0.838. The van der Waals surface area contributed by atoms with Gasteiger partial charge in [0.2, 0.25) is 11.9 Å². The highest BCUT2D eigenvalue weighted by molar-refractivity contribution is 5.38. The zero-order chi connectivity index (χ0) is 15.2. The van der Waals surface area contributed by atoms with E-state index >= 15 is 0 Å². The Morgan fingerprint density at radius 1 is 1.33 bits per heavy atom. The van der Waals surface area contributed by atoms with E-state index in [2.05, 4.69) is 20.3 Å². The molecule has 0 bridgehead atoms. The maximum Gasteiger partial charge on any atom is 0.323 e. The second-order valence-electron chi connectivity index (χ2n) is 4.70. The fraction of sp³-hybridized carbons (Fsp3) is 0.500. The van der Waals surface area contributed by atoms with Crippen LogP contribution in [0, 0.1) is 6.92 Å². The average Bonchev–Trinajstić information content (AvgIpc) is 2.90. The van der Waals surface area contributed by atoms with E-state index in [0.717, 1.165) is 17.7 Å². The Morgan fingerprint density at radius 3 is 2.76 bits per heavy atom. The third kappa shape index (κ3) is 3.84. The van der Waals surface area contributed by atoms with Gasteiger partial charge in [0.25, 0.3) is 0 Å². The van der Waals surface area contributed by atoms with Crippen LogP contribution < -0.4 is 15.0 Å². The van der Waals surface area contributed by atoms with Gasteiger partial charge in [-0.25, -0.2) is 0 Å². The molecule has 0 aliphatic heterocycles.